The topological polar surface area (TPSA) is 116 Å². The lowest BCUT2D eigenvalue weighted by molar-refractivity contribution is -0.307. The quantitative estimate of drug-likeness (QED) is 0.529. The van der Waals surface area contributed by atoms with E-state index in [1.54, 1.807) is 12.1 Å². The predicted octanol–water partition coefficient (Wildman–Crippen LogP) is 0.659. The number of imide groups is 2. The number of carbonyl (C=O) groups excluding carboxylic acids is 4. The molecule has 0 unspecified atom stereocenters. The average molecular weight is 411 g/mol. The lowest BCUT2D eigenvalue weighted by atomic mass is 10.1. The van der Waals surface area contributed by atoms with E-state index in [0.717, 1.165) is 10.5 Å². The fourth-order valence-corrected chi connectivity index (χ4v) is 2.76. The second-order valence-corrected chi connectivity index (χ2v) is 6.38. The number of nitrogens with zero attached hydrogens (tertiary/aromatic N) is 1. The van der Waals surface area contributed by atoms with Crippen molar-refractivity contribution in [2.75, 3.05) is 13.2 Å². The summed E-state index contributed by atoms with van der Waals surface area (Å²) in [6.45, 7) is -0.594. The molecule has 30 heavy (non-hydrogen) atoms. The minimum atomic E-state index is -1.36. The van der Waals surface area contributed by atoms with Gasteiger partial charge in [0, 0.05) is 6.54 Å². The van der Waals surface area contributed by atoms with E-state index in [2.05, 4.69) is 5.32 Å². The summed E-state index contributed by atoms with van der Waals surface area (Å²) in [5.41, 5.74) is 0.978. The van der Waals surface area contributed by atoms with Gasteiger partial charge in [-0.05, 0) is 47.9 Å². The van der Waals surface area contributed by atoms with Crippen molar-refractivity contribution in [3.8, 4) is 5.75 Å². The van der Waals surface area contributed by atoms with Gasteiger partial charge in [-0.1, -0.05) is 24.3 Å². The Kier molecular flexibility index (Phi) is 6.21. The van der Waals surface area contributed by atoms with E-state index >= 15 is 0 Å². The lowest BCUT2D eigenvalue weighted by Crippen LogP contribution is -2.54. The smallest absolute Gasteiger partial charge is 0.331 e. The number of hydrogen-bond donors (Lipinski definition) is 1. The largest absolute Gasteiger partial charge is 0.546 e. The van der Waals surface area contributed by atoms with E-state index in [9.17, 15) is 28.7 Å². The Morgan fingerprint density at radius 1 is 1.07 bits per heavy atom. The number of benzene rings is 2. The molecule has 4 amide bonds. The van der Waals surface area contributed by atoms with Crippen molar-refractivity contribution >= 4 is 29.9 Å². The highest BCUT2D eigenvalue weighted by molar-refractivity contribution is 6.31. The van der Waals surface area contributed by atoms with Crippen molar-refractivity contribution in [1.29, 1.82) is 0 Å². The first-order valence-corrected chi connectivity index (χ1v) is 8.89. The molecule has 0 spiro atoms. The summed E-state index contributed by atoms with van der Waals surface area (Å²) in [5, 5.41) is 12.5. The van der Waals surface area contributed by atoms with Gasteiger partial charge in [-0.15, -0.1) is 0 Å². The van der Waals surface area contributed by atoms with Crippen LogP contribution in [0.25, 0.3) is 6.08 Å². The van der Waals surface area contributed by atoms with Crippen molar-refractivity contribution in [3.05, 3.63) is 71.0 Å². The highest BCUT2D eigenvalue weighted by atomic mass is 19.1. The Balaban J connectivity index is 1.72. The lowest BCUT2D eigenvalue weighted by Gasteiger charge is -2.26. The Morgan fingerprint density at radius 3 is 2.37 bits per heavy atom. The molecule has 0 atom stereocenters. The molecular formula is C21H16FN2O6-. The molecule has 1 saturated heterocycles. The third-order valence-corrected chi connectivity index (χ3v) is 4.27. The summed E-state index contributed by atoms with van der Waals surface area (Å²) in [7, 11) is 0. The number of rotatable bonds is 7. The summed E-state index contributed by atoms with van der Waals surface area (Å²) >= 11 is 0. The molecular weight excluding hydrogens is 395 g/mol. The highest BCUT2D eigenvalue weighted by Gasteiger charge is 2.35. The van der Waals surface area contributed by atoms with Gasteiger partial charge >= 0.3 is 6.03 Å². The first kappa shape index (κ1) is 20.7. The van der Waals surface area contributed by atoms with Crippen molar-refractivity contribution in [2.24, 2.45) is 0 Å². The van der Waals surface area contributed by atoms with Gasteiger partial charge < -0.3 is 14.6 Å². The van der Waals surface area contributed by atoms with E-state index in [1.165, 1.54) is 42.5 Å². The number of hydrogen-bond acceptors (Lipinski definition) is 6. The van der Waals surface area contributed by atoms with Gasteiger partial charge in [0.15, 0.2) is 0 Å². The van der Waals surface area contributed by atoms with Crippen LogP contribution in [-0.4, -0.2) is 41.9 Å². The summed E-state index contributed by atoms with van der Waals surface area (Å²) in [4.78, 5) is 48.2. The Hall–Kier alpha value is -4.01. The number of aliphatic carboxylic acids is 1. The molecule has 1 aliphatic rings. The minimum absolute atomic E-state index is 0.0108. The van der Waals surface area contributed by atoms with E-state index in [1.807, 2.05) is 0 Å². The van der Waals surface area contributed by atoms with Gasteiger partial charge in [0.05, 0.1) is 5.97 Å². The zero-order valence-electron chi connectivity index (χ0n) is 15.6. The van der Waals surface area contributed by atoms with Crippen molar-refractivity contribution in [2.45, 2.75) is 6.42 Å². The standard InChI is InChI=1S/C21H17FN2O6/c22-15-5-1-13(2-6-15)9-10-24-20(28)17(19(27)23-21(24)29)11-14-3-7-16(8-4-14)30-12-18(25)26/h1-8,11H,9-10,12H2,(H,25,26)(H,23,27,29)/p-1/b17-11+. The third kappa shape index (κ3) is 5.07. The maximum atomic E-state index is 13.0. The molecule has 1 fully saturated rings. The molecule has 9 heteroatoms. The Bertz CT molecular complexity index is 1010. The first-order valence-electron chi connectivity index (χ1n) is 8.89. The Morgan fingerprint density at radius 2 is 1.73 bits per heavy atom. The molecule has 1 aliphatic heterocycles. The molecule has 0 aliphatic carbocycles. The van der Waals surface area contributed by atoms with Crippen LogP contribution in [0.15, 0.2) is 54.1 Å². The first-order chi connectivity index (χ1) is 14.3. The van der Waals surface area contributed by atoms with Crippen LogP contribution in [0.2, 0.25) is 0 Å². The van der Waals surface area contributed by atoms with Crippen LogP contribution in [0, 0.1) is 5.82 Å². The number of urea groups is 1. The predicted molar refractivity (Wildman–Crippen MR) is 100 cm³/mol. The van der Waals surface area contributed by atoms with Gasteiger partial charge in [0.1, 0.15) is 23.7 Å². The van der Waals surface area contributed by atoms with Gasteiger partial charge in [-0.2, -0.15) is 0 Å². The maximum absolute atomic E-state index is 13.0. The molecule has 154 valence electrons. The van der Waals surface area contributed by atoms with Crippen LogP contribution in [0.5, 0.6) is 5.75 Å². The Labute approximate surface area is 170 Å². The van der Waals surface area contributed by atoms with Crippen LogP contribution in [0.3, 0.4) is 0 Å². The summed E-state index contributed by atoms with van der Waals surface area (Å²) in [5.74, 6) is -3.05. The number of carboxylic acids is 1. The van der Waals surface area contributed by atoms with E-state index in [4.69, 9.17) is 4.74 Å². The molecule has 1 heterocycles. The normalized spacial score (nSPS) is 15.3. The van der Waals surface area contributed by atoms with Crippen LogP contribution >= 0.6 is 0 Å². The number of carbonyl (C=O) groups is 4. The molecule has 2 aromatic carbocycles. The SMILES string of the molecule is O=C([O-])COc1ccc(/C=C2\C(=O)NC(=O)N(CCc3ccc(F)cc3)C2=O)cc1. The molecule has 0 radical (unpaired) electrons. The number of nitrogens with one attached hydrogen (secondary N) is 1. The molecule has 3 rings (SSSR count). The van der Waals surface area contributed by atoms with E-state index in [0.29, 0.717) is 12.0 Å². The van der Waals surface area contributed by atoms with Crippen LogP contribution in [0.1, 0.15) is 11.1 Å². The van der Waals surface area contributed by atoms with Crippen molar-refractivity contribution in [3.63, 3.8) is 0 Å². The second-order valence-electron chi connectivity index (χ2n) is 6.38. The van der Waals surface area contributed by atoms with Gasteiger partial charge in [0.2, 0.25) is 0 Å². The number of barbiturate groups is 1. The fraction of sp³-hybridized carbons (Fsp3) is 0.143. The molecule has 8 nitrogen and oxygen atoms in total. The summed E-state index contributed by atoms with van der Waals surface area (Å²) < 4.78 is 18.0. The summed E-state index contributed by atoms with van der Waals surface area (Å²) in [6.07, 6.45) is 1.61. The maximum Gasteiger partial charge on any atom is 0.331 e. The molecule has 2 aromatic rings. The van der Waals surface area contributed by atoms with Gasteiger partial charge in [-0.3, -0.25) is 19.8 Å². The second kappa shape index (κ2) is 8.99. The zero-order chi connectivity index (χ0) is 21.7. The molecule has 0 bridgehead atoms. The summed E-state index contributed by atoms with van der Waals surface area (Å²) in [6, 6.07) is 10.8. The van der Waals surface area contributed by atoms with Crippen LogP contribution < -0.4 is 15.2 Å². The monoisotopic (exact) mass is 411 g/mol. The van der Waals surface area contributed by atoms with Gasteiger partial charge in [0.25, 0.3) is 11.8 Å². The third-order valence-electron chi connectivity index (χ3n) is 4.27. The molecule has 1 N–H and O–H groups in total. The van der Waals surface area contributed by atoms with Crippen molar-refractivity contribution in [1.82, 2.24) is 10.2 Å². The highest BCUT2D eigenvalue weighted by Crippen LogP contribution is 2.18. The average Bonchev–Trinajstić information content (AvgIpc) is 2.71. The molecule has 0 aromatic heterocycles. The number of amides is 4. The molecule has 0 saturated carbocycles. The van der Waals surface area contributed by atoms with E-state index < -0.39 is 36.2 Å². The number of ether oxygens (including phenoxy) is 1. The zero-order valence-corrected chi connectivity index (χ0v) is 15.6. The fourth-order valence-electron chi connectivity index (χ4n) is 2.76. The van der Waals surface area contributed by atoms with Gasteiger partial charge in [-0.25, -0.2) is 9.18 Å². The minimum Gasteiger partial charge on any atom is -0.546 e. The van der Waals surface area contributed by atoms with Crippen LogP contribution in [-0.2, 0) is 20.8 Å². The van der Waals surface area contributed by atoms with Crippen LogP contribution in [0.4, 0.5) is 9.18 Å². The van der Waals surface area contributed by atoms with Crippen molar-refractivity contribution < 1.29 is 33.4 Å². The van der Waals surface area contributed by atoms with E-state index in [-0.39, 0.29) is 17.9 Å². The number of carboxylic acid groups (broad SMARTS) is 1. The number of halogens is 1.